The molecular formula is C19H23F3N4O2. The number of benzene rings is 1. The zero-order valence-electron chi connectivity index (χ0n) is 15.6. The zero-order valence-corrected chi connectivity index (χ0v) is 15.6. The molecular weight excluding hydrogens is 373 g/mol. The molecule has 6 nitrogen and oxygen atoms in total. The molecule has 0 radical (unpaired) electrons. The molecule has 1 atom stereocenters. The van der Waals surface area contributed by atoms with Crippen molar-refractivity contribution in [2.24, 2.45) is 10.7 Å². The highest BCUT2D eigenvalue weighted by molar-refractivity contribution is 5.89. The fraction of sp³-hybridized carbons (Fsp3) is 0.368. The maximum Gasteiger partial charge on any atom is 0.416 e. The molecule has 0 aliphatic heterocycles. The topological polar surface area (TPSA) is 92.6 Å². The van der Waals surface area contributed by atoms with Crippen molar-refractivity contribution >= 4 is 11.9 Å². The van der Waals surface area contributed by atoms with Gasteiger partial charge in [0.2, 0.25) is 0 Å². The van der Waals surface area contributed by atoms with Crippen LogP contribution in [-0.2, 0) is 12.7 Å². The van der Waals surface area contributed by atoms with Crippen LogP contribution in [0.2, 0.25) is 0 Å². The number of carbonyl (C=O) groups excluding carboxylic acids is 1. The highest BCUT2D eigenvalue weighted by atomic mass is 19.4. The molecule has 0 aliphatic carbocycles. The summed E-state index contributed by atoms with van der Waals surface area (Å²) in [6, 6.07) is 8.50. The van der Waals surface area contributed by atoms with E-state index in [4.69, 9.17) is 10.2 Å². The Morgan fingerprint density at radius 3 is 2.61 bits per heavy atom. The van der Waals surface area contributed by atoms with Crippen molar-refractivity contribution in [3.63, 3.8) is 0 Å². The lowest BCUT2D eigenvalue weighted by molar-refractivity contribution is -0.137. The van der Waals surface area contributed by atoms with Crippen LogP contribution in [0, 0.1) is 0 Å². The molecule has 4 N–H and O–H groups in total. The zero-order chi connectivity index (χ0) is 20.7. The van der Waals surface area contributed by atoms with E-state index in [1.165, 1.54) is 18.2 Å². The Morgan fingerprint density at radius 2 is 2.00 bits per heavy atom. The van der Waals surface area contributed by atoms with Gasteiger partial charge in [-0.1, -0.05) is 25.1 Å². The summed E-state index contributed by atoms with van der Waals surface area (Å²) in [5.74, 6) is 0.408. The van der Waals surface area contributed by atoms with Gasteiger partial charge in [0.15, 0.2) is 11.7 Å². The van der Waals surface area contributed by atoms with E-state index in [-0.39, 0.29) is 11.7 Å². The van der Waals surface area contributed by atoms with Crippen LogP contribution in [0.5, 0.6) is 0 Å². The normalized spacial score (nSPS) is 13.2. The molecule has 2 aromatic rings. The third kappa shape index (κ3) is 6.04. The van der Waals surface area contributed by atoms with Gasteiger partial charge < -0.3 is 20.8 Å². The number of nitrogens with two attached hydrogens (primary N) is 1. The number of furan rings is 1. The van der Waals surface area contributed by atoms with Crippen molar-refractivity contribution in [3.8, 4) is 0 Å². The van der Waals surface area contributed by atoms with Gasteiger partial charge in [-0.15, -0.1) is 0 Å². The van der Waals surface area contributed by atoms with Gasteiger partial charge >= 0.3 is 6.18 Å². The Kier molecular flexibility index (Phi) is 7.08. The molecule has 0 bridgehead atoms. The third-order valence-electron chi connectivity index (χ3n) is 4.21. The average Bonchev–Trinajstić information content (AvgIpc) is 3.13. The van der Waals surface area contributed by atoms with Crippen LogP contribution in [0.25, 0.3) is 0 Å². The summed E-state index contributed by atoms with van der Waals surface area (Å²) < 4.78 is 43.8. The smallest absolute Gasteiger partial charge is 0.416 e. The van der Waals surface area contributed by atoms with E-state index in [2.05, 4.69) is 15.6 Å². The molecule has 0 spiro atoms. The van der Waals surface area contributed by atoms with Crippen molar-refractivity contribution in [1.29, 1.82) is 0 Å². The third-order valence-corrected chi connectivity index (χ3v) is 4.21. The van der Waals surface area contributed by atoms with E-state index in [1.54, 1.807) is 19.2 Å². The molecule has 1 aromatic carbocycles. The van der Waals surface area contributed by atoms with E-state index in [1.807, 2.05) is 6.92 Å². The van der Waals surface area contributed by atoms with E-state index < -0.39 is 17.6 Å². The van der Waals surface area contributed by atoms with Gasteiger partial charge in [0, 0.05) is 13.6 Å². The summed E-state index contributed by atoms with van der Waals surface area (Å²) >= 11 is 0. The molecule has 0 fully saturated rings. The number of alkyl halides is 3. The molecule has 1 heterocycles. The maximum absolute atomic E-state index is 12.8. The first-order valence-electron chi connectivity index (χ1n) is 8.71. The molecule has 0 saturated heterocycles. The van der Waals surface area contributed by atoms with E-state index in [9.17, 15) is 18.0 Å². The fourth-order valence-electron chi connectivity index (χ4n) is 2.59. The Morgan fingerprint density at radius 1 is 1.25 bits per heavy atom. The quantitative estimate of drug-likeness (QED) is 0.495. The van der Waals surface area contributed by atoms with E-state index >= 15 is 0 Å². The largest absolute Gasteiger partial charge is 0.454 e. The number of guanidine groups is 1. The summed E-state index contributed by atoms with van der Waals surface area (Å²) in [4.78, 5) is 15.1. The molecule has 0 saturated carbocycles. The first kappa shape index (κ1) is 21.3. The van der Waals surface area contributed by atoms with Gasteiger partial charge in [-0.05, 0) is 36.1 Å². The van der Waals surface area contributed by atoms with Crippen LogP contribution in [0.15, 0.2) is 45.8 Å². The lowest BCUT2D eigenvalue weighted by atomic mass is 9.96. The number of hydrogen-bond donors (Lipinski definition) is 3. The van der Waals surface area contributed by atoms with Gasteiger partial charge in [-0.25, -0.2) is 0 Å². The van der Waals surface area contributed by atoms with Gasteiger partial charge in [-0.3, -0.25) is 9.79 Å². The van der Waals surface area contributed by atoms with Gasteiger partial charge in [-0.2, -0.15) is 13.2 Å². The molecule has 1 aromatic heterocycles. The van der Waals surface area contributed by atoms with E-state index in [0.29, 0.717) is 36.8 Å². The predicted octanol–water partition coefficient (Wildman–Crippen LogP) is 3.26. The van der Waals surface area contributed by atoms with Gasteiger partial charge in [0.05, 0.1) is 12.1 Å². The Labute approximate surface area is 161 Å². The van der Waals surface area contributed by atoms with Crippen LogP contribution in [0.3, 0.4) is 0 Å². The summed E-state index contributed by atoms with van der Waals surface area (Å²) in [6.45, 7) is 2.69. The average molecular weight is 396 g/mol. The van der Waals surface area contributed by atoms with Crippen molar-refractivity contribution < 1.29 is 22.4 Å². The Bertz CT molecular complexity index is 831. The summed E-state index contributed by atoms with van der Waals surface area (Å²) in [5.41, 5.74) is 5.12. The number of hydrogen-bond acceptors (Lipinski definition) is 3. The number of amides is 1. The highest BCUT2D eigenvalue weighted by Crippen LogP contribution is 2.31. The minimum absolute atomic E-state index is 0.0592. The van der Waals surface area contributed by atoms with Crippen molar-refractivity contribution in [2.45, 2.75) is 32.0 Å². The lowest BCUT2D eigenvalue weighted by Crippen LogP contribution is -2.37. The fourth-order valence-corrected chi connectivity index (χ4v) is 2.59. The number of carbonyl (C=O) groups is 1. The number of nitrogens with zero attached hydrogens (tertiary/aromatic N) is 1. The summed E-state index contributed by atoms with van der Waals surface area (Å²) in [5, 5.41) is 6.12. The standard InChI is InChI=1S/C19H23F3N4O2/c1-12(13-4-3-5-14(10-13)19(20,21)22)8-9-25-18(24-2)26-11-15-6-7-16(28-15)17(23)27/h3-7,10,12H,8-9,11H2,1-2H3,(H2,23,27)(H2,24,25,26). The molecule has 1 unspecified atom stereocenters. The Balaban J connectivity index is 1.82. The van der Waals surface area contributed by atoms with Crippen molar-refractivity contribution in [3.05, 3.63) is 59.0 Å². The minimum atomic E-state index is -4.35. The molecule has 9 heteroatoms. The highest BCUT2D eigenvalue weighted by Gasteiger charge is 2.30. The second-order valence-electron chi connectivity index (χ2n) is 6.30. The van der Waals surface area contributed by atoms with Crippen LogP contribution in [0.4, 0.5) is 13.2 Å². The molecule has 0 aliphatic rings. The lowest BCUT2D eigenvalue weighted by Gasteiger charge is -2.16. The molecule has 28 heavy (non-hydrogen) atoms. The summed E-state index contributed by atoms with van der Waals surface area (Å²) in [7, 11) is 1.60. The van der Waals surface area contributed by atoms with E-state index in [0.717, 1.165) is 6.07 Å². The second-order valence-corrected chi connectivity index (χ2v) is 6.30. The van der Waals surface area contributed by atoms with Crippen molar-refractivity contribution in [1.82, 2.24) is 10.6 Å². The van der Waals surface area contributed by atoms with Crippen molar-refractivity contribution in [2.75, 3.05) is 13.6 Å². The van der Waals surface area contributed by atoms with Crippen LogP contribution < -0.4 is 16.4 Å². The first-order chi connectivity index (χ1) is 13.2. The van der Waals surface area contributed by atoms with Gasteiger partial charge in [0.25, 0.3) is 5.91 Å². The predicted molar refractivity (Wildman–Crippen MR) is 99.9 cm³/mol. The number of primary amides is 1. The second kappa shape index (κ2) is 9.29. The van der Waals surface area contributed by atoms with Crippen LogP contribution >= 0.6 is 0 Å². The van der Waals surface area contributed by atoms with Crippen LogP contribution in [-0.4, -0.2) is 25.5 Å². The molecule has 2 rings (SSSR count). The number of halogens is 3. The number of nitrogens with one attached hydrogen (secondary N) is 2. The minimum Gasteiger partial charge on any atom is -0.454 e. The van der Waals surface area contributed by atoms with Crippen LogP contribution in [0.1, 0.15) is 46.7 Å². The SMILES string of the molecule is CN=C(NCCC(C)c1cccc(C(F)(F)F)c1)NCc1ccc(C(N)=O)o1. The molecule has 152 valence electrons. The van der Waals surface area contributed by atoms with Gasteiger partial charge in [0.1, 0.15) is 5.76 Å². The maximum atomic E-state index is 12.8. The molecule has 1 amide bonds. The number of aliphatic imine (C=N–C) groups is 1. The monoisotopic (exact) mass is 396 g/mol. The number of rotatable bonds is 7. The first-order valence-corrected chi connectivity index (χ1v) is 8.71. The Hall–Kier alpha value is -2.97. The summed E-state index contributed by atoms with van der Waals surface area (Å²) in [6.07, 6.45) is -3.73.